The Balaban J connectivity index is 1.45. The highest BCUT2D eigenvalue weighted by Crippen LogP contribution is 2.20. The second-order valence-corrected chi connectivity index (χ2v) is 7.96. The number of carbonyl (C=O) groups is 2. The van der Waals surface area contributed by atoms with Gasteiger partial charge < -0.3 is 15.0 Å². The van der Waals surface area contributed by atoms with Gasteiger partial charge in [0.1, 0.15) is 0 Å². The molecule has 2 aromatic rings. The van der Waals surface area contributed by atoms with Crippen LogP contribution in [0.15, 0.2) is 53.0 Å². The van der Waals surface area contributed by atoms with Gasteiger partial charge in [-0.05, 0) is 48.2 Å². The molecule has 2 amide bonds. The highest BCUT2D eigenvalue weighted by molar-refractivity contribution is 9.10. The van der Waals surface area contributed by atoms with Crippen LogP contribution in [0.3, 0.4) is 0 Å². The fourth-order valence-electron chi connectivity index (χ4n) is 3.37. The van der Waals surface area contributed by atoms with Gasteiger partial charge in [0.2, 0.25) is 5.91 Å². The van der Waals surface area contributed by atoms with Gasteiger partial charge in [-0.1, -0.05) is 40.2 Å². The van der Waals surface area contributed by atoms with Crippen molar-refractivity contribution < 1.29 is 14.3 Å². The maximum absolute atomic E-state index is 12.6. The number of likely N-dealkylation sites (tertiary alicyclic amines) is 1. The molecule has 0 atom stereocenters. The molecule has 0 bridgehead atoms. The minimum atomic E-state index is -0.0401. The zero-order chi connectivity index (χ0) is 19.9. The van der Waals surface area contributed by atoms with Crippen molar-refractivity contribution in [2.75, 3.05) is 20.2 Å². The van der Waals surface area contributed by atoms with Gasteiger partial charge in [0.05, 0.1) is 6.61 Å². The van der Waals surface area contributed by atoms with Crippen LogP contribution in [0.5, 0.6) is 0 Å². The second-order valence-electron chi connectivity index (χ2n) is 7.04. The largest absolute Gasteiger partial charge is 0.380 e. The molecular formula is C22H25BrN2O3. The predicted molar refractivity (Wildman–Crippen MR) is 112 cm³/mol. The summed E-state index contributed by atoms with van der Waals surface area (Å²) in [4.78, 5) is 26.9. The molecule has 148 valence electrons. The van der Waals surface area contributed by atoms with Crippen LogP contribution in [0, 0.1) is 5.92 Å². The van der Waals surface area contributed by atoms with Crippen LogP contribution in [-0.2, 0) is 22.7 Å². The molecule has 1 N–H and O–H groups in total. The summed E-state index contributed by atoms with van der Waals surface area (Å²) in [5, 5.41) is 3.02. The fraction of sp³-hybridized carbons (Fsp3) is 0.364. The molecule has 1 saturated heterocycles. The van der Waals surface area contributed by atoms with E-state index in [-0.39, 0.29) is 17.7 Å². The van der Waals surface area contributed by atoms with Crippen molar-refractivity contribution in [2.24, 2.45) is 5.92 Å². The number of carbonyl (C=O) groups excluding carboxylic acids is 2. The molecule has 1 heterocycles. The van der Waals surface area contributed by atoms with E-state index in [2.05, 4.69) is 21.2 Å². The maximum Gasteiger partial charge on any atom is 0.253 e. The first-order valence-electron chi connectivity index (χ1n) is 9.46. The predicted octanol–water partition coefficient (Wildman–Crippen LogP) is 3.76. The third kappa shape index (κ3) is 5.42. The first-order valence-corrected chi connectivity index (χ1v) is 10.3. The van der Waals surface area contributed by atoms with Gasteiger partial charge in [-0.2, -0.15) is 0 Å². The quantitative estimate of drug-likeness (QED) is 0.737. The number of rotatable bonds is 6. The molecule has 1 aliphatic heterocycles. The molecule has 6 heteroatoms. The van der Waals surface area contributed by atoms with E-state index in [1.54, 1.807) is 7.11 Å². The Labute approximate surface area is 174 Å². The molecule has 5 nitrogen and oxygen atoms in total. The van der Waals surface area contributed by atoms with Crippen LogP contribution >= 0.6 is 15.9 Å². The summed E-state index contributed by atoms with van der Waals surface area (Å²) in [6, 6.07) is 15.4. The third-order valence-electron chi connectivity index (χ3n) is 5.04. The van der Waals surface area contributed by atoms with Gasteiger partial charge in [-0.3, -0.25) is 9.59 Å². The lowest BCUT2D eigenvalue weighted by atomic mass is 9.95. The lowest BCUT2D eigenvalue weighted by Gasteiger charge is -2.31. The van der Waals surface area contributed by atoms with Gasteiger partial charge in [0.15, 0.2) is 0 Å². The number of hydrogen-bond acceptors (Lipinski definition) is 3. The standard InChI is InChI=1S/C22H25BrN2O3/c1-28-15-17-4-2-16(3-5-17)14-24-21(26)18-10-12-25(13-11-18)22(27)19-6-8-20(23)9-7-19/h2-9,18H,10-15H2,1H3,(H,24,26). The summed E-state index contributed by atoms with van der Waals surface area (Å²) < 4.78 is 6.06. The molecule has 0 spiro atoms. The number of piperidine rings is 1. The van der Waals surface area contributed by atoms with Crippen molar-refractivity contribution in [3.8, 4) is 0 Å². The molecule has 1 fully saturated rings. The van der Waals surface area contributed by atoms with Crippen molar-refractivity contribution in [1.29, 1.82) is 0 Å². The summed E-state index contributed by atoms with van der Waals surface area (Å²) in [6.07, 6.45) is 1.39. The number of halogens is 1. The minimum Gasteiger partial charge on any atom is -0.380 e. The average Bonchev–Trinajstić information content (AvgIpc) is 2.73. The molecule has 0 unspecified atom stereocenters. The lowest BCUT2D eigenvalue weighted by molar-refractivity contribution is -0.126. The monoisotopic (exact) mass is 444 g/mol. The maximum atomic E-state index is 12.6. The van der Waals surface area contributed by atoms with Crippen LogP contribution in [0.25, 0.3) is 0 Å². The molecule has 0 aromatic heterocycles. The summed E-state index contributed by atoms with van der Waals surface area (Å²) >= 11 is 3.38. The molecule has 0 radical (unpaired) electrons. The Morgan fingerprint density at radius 2 is 1.64 bits per heavy atom. The highest BCUT2D eigenvalue weighted by atomic mass is 79.9. The van der Waals surface area contributed by atoms with Gasteiger partial charge >= 0.3 is 0 Å². The van der Waals surface area contributed by atoms with Gasteiger partial charge in [-0.25, -0.2) is 0 Å². The fourth-order valence-corrected chi connectivity index (χ4v) is 3.64. The topological polar surface area (TPSA) is 58.6 Å². The number of nitrogens with zero attached hydrogens (tertiary/aromatic N) is 1. The summed E-state index contributed by atoms with van der Waals surface area (Å²) in [7, 11) is 1.67. The van der Waals surface area contributed by atoms with E-state index in [1.807, 2.05) is 53.4 Å². The van der Waals surface area contributed by atoms with Crippen molar-refractivity contribution in [1.82, 2.24) is 10.2 Å². The molecule has 0 aliphatic carbocycles. The van der Waals surface area contributed by atoms with E-state index in [0.717, 1.165) is 15.6 Å². The summed E-state index contributed by atoms with van der Waals surface area (Å²) in [5.74, 6) is 0.0564. The van der Waals surface area contributed by atoms with E-state index in [4.69, 9.17) is 4.74 Å². The number of benzene rings is 2. The third-order valence-corrected chi connectivity index (χ3v) is 5.57. The van der Waals surface area contributed by atoms with Gasteiger partial charge in [-0.15, -0.1) is 0 Å². The number of amides is 2. The van der Waals surface area contributed by atoms with E-state index in [1.165, 1.54) is 0 Å². The molecule has 2 aromatic carbocycles. The smallest absolute Gasteiger partial charge is 0.253 e. The molecule has 0 saturated carbocycles. The Morgan fingerprint density at radius 1 is 1.04 bits per heavy atom. The molecule has 1 aliphatic rings. The van der Waals surface area contributed by atoms with E-state index >= 15 is 0 Å². The Hall–Kier alpha value is -2.18. The van der Waals surface area contributed by atoms with Crippen LogP contribution in [0.1, 0.15) is 34.3 Å². The first kappa shape index (κ1) is 20.6. The molecule has 3 rings (SSSR count). The molecular weight excluding hydrogens is 420 g/mol. The van der Waals surface area contributed by atoms with E-state index in [9.17, 15) is 9.59 Å². The zero-order valence-electron chi connectivity index (χ0n) is 16.0. The second kappa shape index (κ2) is 9.85. The lowest BCUT2D eigenvalue weighted by Crippen LogP contribution is -2.42. The summed E-state index contributed by atoms with van der Waals surface area (Å²) in [5.41, 5.74) is 2.86. The zero-order valence-corrected chi connectivity index (χ0v) is 17.6. The van der Waals surface area contributed by atoms with Crippen molar-refractivity contribution in [3.05, 3.63) is 69.7 Å². The molecule has 28 heavy (non-hydrogen) atoms. The van der Waals surface area contributed by atoms with Crippen LogP contribution in [0.2, 0.25) is 0 Å². The highest BCUT2D eigenvalue weighted by Gasteiger charge is 2.27. The van der Waals surface area contributed by atoms with Crippen LogP contribution in [0.4, 0.5) is 0 Å². The normalized spacial score (nSPS) is 14.7. The van der Waals surface area contributed by atoms with E-state index < -0.39 is 0 Å². The first-order chi connectivity index (χ1) is 13.6. The van der Waals surface area contributed by atoms with Crippen molar-refractivity contribution >= 4 is 27.7 Å². The van der Waals surface area contributed by atoms with Crippen molar-refractivity contribution in [2.45, 2.75) is 26.0 Å². The van der Waals surface area contributed by atoms with Gasteiger partial charge in [0.25, 0.3) is 5.91 Å². The Kier molecular flexibility index (Phi) is 7.23. The Morgan fingerprint density at radius 3 is 2.25 bits per heavy atom. The number of hydrogen-bond donors (Lipinski definition) is 1. The summed E-state index contributed by atoms with van der Waals surface area (Å²) in [6.45, 7) is 2.33. The SMILES string of the molecule is COCc1ccc(CNC(=O)C2CCN(C(=O)c3ccc(Br)cc3)CC2)cc1. The average molecular weight is 445 g/mol. The minimum absolute atomic E-state index is 0.0301. The van der Waals surface area contributed by atoms with Gasteiger partial charge in [0, 0.05) is 42.7 Å². The van der Waals surface area contributed by atoms with Crippen LogP contribution < -0.4 is 5.32 Å². The number of methoxy groups -OCH3 is 1. The van der Waals surface area contributed by atoms with E-state index in [0.29, 0.717) is 44.6 Å². The number of ether oxygens (including phenoxy) is 1. The Bertz CT molecular complexity index is 798. The van der Waals surface area contributed by atoms with Crippen molar-refractivity contribution in [3.63, 3.8) is 0 Å². The van der Waals surface area contributed by atoms with Crippen LogP contribution in [-0.4, -0.2) is 36.9 Å². The number of nitrogens with one attached hydrogen (secondary N) is 1.